The van der Waals surface area contributed by atoms with Crippen molar-refractivity contribution in [3.63, 3.8) is 0 Å². The quantitative estimate of drug-likeness (QED) is 0.831. The third kappa shape index (κ3) is 3.81. The number of hydrogen-bond acceptors (Lipinski definition) is 5. The van der Waals surface area contributed by atoms with Crippen LogP contribution in [0.25, 0.3) is 0 Å². The van der Waals surface area contributed by atoms with Gasteiger partial charge in [0.1, 0.15) is 11.9 Å². The number of pyridine rings is 1. The molecule has 1 aromatic carbocycles. The predicted octanol–water partition coefficient (Wildman–Crippen LogP) is 3.13. The van der Waals surface area contributed by atoms with Crippen molar-refractivity contribution in [2.75, 3.05) is 10.2 Å². The highest BCUT2D eigenvalue weighted by molar-refractivity contribution is 5.97. The van der Waals surface area contributed by atoms with Crippen molar-refractivity contribution in [2.45, 2.75) is 45.2 Å². The van der Waals surface area contributed by atoms with Gasteiger partial charge in [-0.05, 0) is 48.7 Å². The van der Waals surface area contributed by atoms with Crippen molar-refractivity contribution < 1.29 is 9.59 Å². The average Bonchev–Trinajstić information content (AvgIpc) is 2.68. The number of nitrogens with one attached hydrogen (secondary N) is 1. The van der Waals surface area contributed by atoms with Crippen LogP contribution in [0.5, 0.6) is 0 Å². The third-order valence-corrected chi connectivity index (χ3v) is 5.00. The van der Waals surface area contributed by atoms with Gasteiger partial charge in [0.05, 0.1) is 11.6 Å². The molecule has 3 rings (SSSR count). The first-order chi connectivity index (χ1) is 13.4. The predicted molar refractivity (Wildman–Crippen MR) is 107 cm³/mol. The molecule has 1 aromatic heterocycles. The first-order valence-corrected chi connectivity index (χ1v) is 9.30. The summed E-state index contributed by atoms with van der Waals surface area (Å²) in [4.78, 5) is 30.2. The number of aromatic nitrogens is 1. The van der Waals surface area contributed by atoms with Crippen molar-refractivity contribution >= 4 is 23.3 Å². The van der Waals surface area contributed by atoms with Crippen LogP contribution in [-0.4, -0.2) is 22.8 Å². The van der Waals surface area contributed by atoms with Gasteiger partial charge in [-0.25, -0.2) is 4.98 Å². The summed E-state index contributed by atoms with van der Waals surface area (Å²) in [6.45, 7) is 3.65. The van der Waals surface area contributed by atoms with Crippen LogP contribution < -0.4 is 16.0 Å². The zero-order valence-corrected chi connectivity index (χ0v) is 16.0. The average molecular weight is 377 g/mol. The minimum atomic E-state index is -0.511. The monoisotopic (exact) mass is 377 g/mol. The molecule has 3 N–H and O–H groups in total. The standard InChI is InChI=1S/C21H23N5O2/c1-3-4-16-10-18(25-20-8-5-14(11-22)12-24-20)17-9-15(21(23)28)6-7-19(17)26(16)13(2)27/h5-9,12,16,18H,3-4,10H2,1-2H3,(H2,23,28)(H,24,25)/t16-,18+/m0/s1. The molecule has 0 fully saturated rings. The van der Waals surface area contributed by atoms with E-state index in [1.165, 1.54) is 6.20 Å². The normalized spacial score (nSPS) is 18.1. The Balaban J connectivity index is 2.04. The number of primary amides is 1. The highest BCUT2D eigenvalue weighted by Crippen LogP contribution is 2.40. The molecule has 0 bridgehead atoms. The second-order valence-electron chi connectivity index (χ2n) is 6.95. The number of anilines is 2. The first kappa shape index (κ1) is 19.4. The van der Waals surface area contributed by atoms with E-state index in [0.717, 1.165) is 24.1 Å². The molecule has 2 amide bonds. The number of benzene rings is 1. The van der Waals surface area contributed by atoms with Crippen LogP contribution >= 0.6 is 0 Å². The summed E-state index contributed by atoms with van der Waals surface area (Å²) in [5.74, 6) is 0.0931. The fraction of sp³-hybridized carbons (Fsp3) is 0.333. The summed E-state index contributed by atoms with van der Waals surface area (Å²) in [5.41, 5.74) is 7.97. The van der Waals surface area contributed by atoms with E-state index in [1.54, 1.807) is 37.3 Å². The lowest BCUT2D eigenvalue weighted by atomic mass is 9.87. The molecule has 2 aromatic rings. The van der Waals surface area contributed by atoms with Crippen LogP contribution in [0.1, 0.15) is 60.6 Å². The van der Waals surface area contributed by atoms with Gasteiger partial charge in [-0.3, -0.25) is 9.59 Å². The molecular formula is C21H23N5O2. The van der Waals surface area contributed by atoms with Crippen LogP contribution in [-0.2, 0) is 4.79 Å². The summed E-state index contributed by atoms with van der Waals surface area (Å²) in [6, 6.07) is 10.6. The first-order valence-electron chi connectivity index (χ1n) is 9.30. The van der Waals surface area contributed by atoms with Crippen LogP contribution in [0.3, 0.4) is 0 Å². The molecule has 0 saturated heterocycles. The Morgan fingerprint density at radius 2 is 2.14 bits per heavy atom. The summed E-state index contributed by atoms with van der Waals surface area (Å²) < 4.78 is 0. The fourth-order valence-electron chi connectivity index (χ4n) is 3.77. The van der Waals surface area contributed by atoms with Crippen LogP contribution in [0.2, 0.25) is 0 Å². The Hall–Kier alpha value is -3.40. The Labute approximate surface area is 164 Å². The highest BCUT2D eigenvalue weighted by atomic mass is 16.2. The van der Waals surface area contributed by atoms with Gasteiger partial charge >= 0.3 is 0 Å². The molecule has 144 valence electrons. The van der Waals surface area contributed by atoms with E-state index in [1.807, 2.05) is 11.0 Å². The van der Waals surface area contributed by atoms with E-state index in [9.17, 15) is 9.59 Å². The molecule has 7 nitrogen and oxygen atoms in total. The largest absolute Gasteiger partial charge is 0.366 e. The fourth-order valence-corrected chi connectivity index (χ4v) is 3.77. The van der Waals surface area contributed by atoms with Crippen molar-refractivity contribution in [2.24, 2.45) is 5.73 Å². The molecule has 7 heteroatoms. The Kier molecular flexibility index (Phi) is 5.59. The van der Waals surface area contributed by atoms with Crippen molar-refractivity contribution in [1.29, 1.82) is 5.26 Å². The molecule has 28 heavy (non-hydrogen) atoms. The molecule has 0 unspecified atom stereocenters. The molecule has 2 atom stereocenters. The number of rotatable bonds is 5. The molecule has 1 aliphatic heterocycles. The van der Waals surface area contributed by atoms with Gasteiger partial charge in [0.15, 0.2) is 0 Å². The number of amides is 2. The van der Waals surface area contributed by atoms with E-state index in [0.29, 0.717) is 23.4 Å². The maximum absolute atomic E-state index is 12.4. The Morgan fingerprint density at radius 1 is 1.36 bits per heavy atom. The molecular weight excluding hydrogens is 354 g/mol. The van der Waals surface area contributed by atoms with Crippen molar-refractivity contribution in [1.82, 2.24) is 4.98 Å². The Morgan fingerprint density at radius 3 is 2.71 bits per heavy atom. The zero-order chi connectivity index (χ0) is 20.3. The van der Waals surface area contributed by atoms with Gasteiger partial charge in [0.25, 0.3) is 0 Å². The lowest BCUT2D eigenvalue weighted by Gasteiger charge is -2.41. The Bertz CT molecular complexity index is 933. The van der Waals surface area contributed by atoms with Crippen LogP contribution in [0, 0.1) is 11.3 Å². The van der Waals surface area contributed by atoms with Crippen molar-refractivity contribution in [3.05, 3.63) is 53.2 Å². The van der Waals surface area contributed by atoms with E-state index in [-0.39, 0.29) is 18.0 Å². The molecule has 0 spiro atoms. The van der Waals surface area contributed by atoms with Crippen LogP contribution in [0.15, 0.2) is 36.5 Å². The number of nitriles is 1. The smallest absolute Gasteiger partial charge is 0.248 e. The van der Waals surface area contributed by atoms with E-state index < -0.39 is 5.91 Å². The molecule has 2 heterocycles. The minimum Gasteiger partial charge on any atom is -0.366 e. The highest BCUT2D eigenvalue weighted by Gasteiger charge is 2.34. The van der Waals surface area contributed by atoms with E-state index in [4.69, 9.17) is 11.0 Å². The molecule has 0 aliphatic carbocycles. The third-order valence-electron chi connectivity index (χ3n) is 5.00. The number of nitrogens with zero attached hydrogens (tertiary/aromatic N) is 3. The maximum Gasteiger partial charge on any atom is 0.248 e. The van der Waals surface area contributed by atoms with E-state index >= 15 is 0 Å². The van der Waals surface area contributed by atoms with Gasteiger partial charge in [0, 0.05) is 30.4 Å². The second kappa shape index (κ2) is 8.09. The number of carbonyl (C=O) groups excluding carboxylic acids is 2. The molecule has 1 aliphatic rings. The van der Waals surface area contributed by atoms with Gasteiger partial charge in [-0.15, -0.1) is 0 Å². The van der Waals surface area contributed by atoms with Gasteiger partial charge in [0.2, 0.25) is 11.8 Å². The maximum atomic E-state index is 12.4. The lowest BCUT2D eigenvalue weighted by molar-refractivity contribution is -0.117. The second-order valence-corrected chi connectivity index (χ2v) is 6.95. The minimum absolute atomic E-state index is 0.0264. The molecule has 0 radical (unpaired) electrons. The topological polar surface area (TPSA) is 112 Å². The van der Waals surface area contributed by atoms with Crippen molar-refractivity contribution in [3.8, 4) is 6.07 Å². The number of nitrogens with two attached hydrogens (primary N) is 1. The summed E-state index contributed by atoms with van der Waals surface area (Å²) in [7, 11) is 0. The summed E-state index contributed by atoms with van der Waals surface area (Å²) >= 11 is 0. The number of carbonyl (C=O) groups is 2. The lowest BCUT2D eigenvalue weighted by Crippen LogP contribution is -2.45. The van der Waals surface area contributed by atoms with Crippen LogP contribution in [0.4, 0.5) is 11.5 Å². The molecule has 0 saturated carbocycles. The van der Waals surface area contributed by atoms with Gasteiger partial charge in [-0.1, -0.05) is 13.3 Å². The van der Waals surface area contributed by atoms with Gasteiger partial charge in [-0.2, -0.15) is 5.26 Å². The van der Waals surface area contributed by atoms with E-state index in [2.05, 4.69) is 17.2 Å². The SMILES string of the molecule is CCC[C@H]1C[C@@H](Nc2ccc(C#N)cn2)c2cc(C(N)=O)ccc2N1C(C)=O. The summed E-state index contributed by atoms with van der Waals surface area (Å²) in [5, 5.41) is 12.3. The number of fused-ring (bicyclic) bond motifs is 1. The zero-order valence-electron chi connectivity index (χ0n) is 16.0. The number of hydrogen-bond donors (Lipinski definition) is 2. The summed E-state index contributed by atoms with van der Waals surface area (Å²) in [6.07, 6.45) is 4.02. The van der Waals surface area contributed by atoms with Gasteiger partial charge < -0.3 is 16.0 Å².